The van der Waals surface area contributed by atoms with Gasteiger partial charge in [0.05, 0.1) is 17.6 Å². The Hall–Kier alpha value is -6.43. The van der Waals surface area contributed by atoms with Crippen LogP contribution in [-0.4, -0.2) is 23.0 Å². The van der Waals surface area contributed by atoms with Crippen molar-refractivity contribution in [2.75, 3.05) is 0 Å². The highest BCUT2D eigenvalue weighted by atomic mass is 32.1. The molecule has 0 saturated carbocycles. The van der Waals surface area contributed by atoms with Crippen molar-refractivity contribution in [1.29, 1.82) is 0 Å². The Labute approximate surface area is 314 Å². The predicted octanol–water partition coefficient (Wildman–Crippen LogP) is 11.2. The average molecular weight is 705 g/mol. The van der Waals surface area contributed by atoms with Gasteiger partial charge in [0, 0.05) is 42.2 Å². The molecule has 0 atom stereocenters. The van der Waals surface area contributed by atoms with Crippen molar-refractivity contribution in [3.8, 4) is 16.8 Å². The second kappa shape index (κ2) is 15.9. The molecule has 0 radical (unpaired) electrons. The van der Waals surface area contributed by atoms with Gasteiger partial charge in [0.25, 0.3) is 0 Å². The maximum Gasteiger partial charge on any atom is 0.161 e. The summed E-state index contributed by atoms with van der Waals surface area (Å²) < 4.78 is 4.74. The molecule has 0 spiro atoms. The third-order valence-corrected chi connectivity index (χ3v) is 10.5. The molecule has 2 heterocycles. The lowest BCUT2D eigenvalue weighted by molar-refractivity contribution is 1.07. The molecule has 0 aliphatic heterocycles. The van der Waals surface area contributed by atoms with E-state index < -0.39 is 0 Å². The quantitative estimate of drug-likeness (QED) is 0.0816. The zero-order valence-corrected chi connectivity index (χ0v) is 30.9. The molecule has 7 rings (SSSR count). The lowest BCUT2D eigenvalue weighted by Gasteiger charge is -2.12. The van der Waals surface area contributed by atoms with Gasteiger partial charge in [0.1, 0.15) is 0 Å². The van der Waals surface area contributed by atoms with Crippen molar-refractivity contribution in [1.82, 2.24) is 4.57 Å². The van der Waals surface area contributed by atoms with Gasteiger partial charge in [-0.3, -0.25) is 4.99 Å². The Morgan fingerprint density at radius 3 is 2.21 bits per heavy atom. The normalized spacial score (nSPS) is 13.5. The molecular formula is C48H40N4S. The number of benzene rings is 5. The van der Waals surface area contributed by atoms with E-state index >= 15 is 0 Å². The molecule has 5 heteroatoms. The van der Waals surface area contributed by atoms with Crippen molar-refractivity contribution in [3.63, 3.8) is 0 Å². The fourth-order valence-electron chi connectivity index (χ4n) is 6.87. The highest BCUT2D eigenvalue weighted by molar-refractivity contribution is 7.17. The number of allylic oxidation sites excluding steroid dienone is 4. The van der Waals surface area contributed by atoms with Gasteiger partial charge in [0.2, 0.25) is 0 Å². The molecule has 0 aliphatic carbocycles. The van der Waals surface area contributed by atoms with Crippen LogP contribution in [0.25, 0.3) is 60.9 Å². The fraction of sp³-hybridized carbons (Fsp3) is 0.0625. The number of thiophene rings is 1. The third kappa shape index (κ3) is 6.95. The van der Waals surface area contributed by atoms with Crippen LogP contribution >= 0.6 is 11.3 Å². The van der Waals surface area contributed by atoms with Gasteiger partial charge in [-0.15, -0.1) is 11.3 Å². The van der Waals surface area contributed by atoms with Gasteiger partial charge in [-0.05, 0) is 72.8 Å². The van der Waals surface area contributed by atoms with Gasteiger partial charge in [-0.25, -0.2) is 9.98 Å². The van der Waals surface area contributed by atoms with Crippen molar-refractivity contribution in [2.45, 2.75) is 20.4 Å². The van der Waals surface area contributed by atoms with Crippen LogP contribution in [0.5, 0.6) is 0 Å². The van der Waals surface area contributed by atoms with Crippen molar-refractivity contribution < 1.29 is 0 Å². The maximum absolute atomic E-state index is 5.24. The summed E-state index contributed by atoms with van der Waals surface area (Å²) in [4.78, 5) is 14.5. The number of aliphatic imine (C=N–C) groups is 3. The van der Waals surface area contributed by atoms with E-state index in [0.29, 0.717) is 18.2 Å². The lowest BCUT2D eigenvalue weighted by atomic mass is 10.0. The lowest BCUT2D eigenvalue weighted by Crippen LogP contribution is -2.17. The van der Waals surface area contributed by atoms with Crippen LogP contribution < -0.4 is 9.75 Å². The van der Waals surface area contributed by atoms with Gasteiger partial charge in [0.15, 0.2) is 11.7 Å². The van der Waals surface area contributed by atoms with Crippen LogP contribution in [0, 0.1) is 0 Å². The molecule has 0 saturated heterocycles. The Bertz CT molecular complexity index is 2760. The van der Waals surface area contributed by atoms with Crippen molar-refractivity contribution in [3.05, 3.63) is 185 Å². The Kier molecular flexibility index (Phi) is 10.5. The molecule has 0 amide bonds. The van der Waals surface area contributed by atoms with Crippen molar-refractivity contribution >= 4 is 73.8 Å². The monoisotopic (exact) mass is 704 g/mol. The van der Waals surface area contributed by atoms with E-state index in [1.54, 1.807) is 17.4 Å². The van der Waals surface area contributed by atoms with Gasteiger partial charge >= 0.3 is 0 Å². The molecule has 258 valence electrons. The van der Waals surface area contributed by atoms with Crippen LogP contribution in [0.3, 0.4) is 0 Å². The topological polar surface area (TPSA) is 42.0 Å². The summed E-state index contributed by atoms with van der Waals surface area (Å²) in [5, 5.41) is 4.78. The number of hydrogen-bond acceptors (Lipinski definition) is 2. The minimum Gasteiger partial charge on any atom is -0.309 e. The first kappa shape index (κ1) is 35.0. The van der Waals surface area contributed by atoms with Crippen LogP contribution in [-0.2, 0) is 6.54 Å². The number of para-hydroxylation sites is 1. The molecule has 0 unspecified atom stereocenters. The first-order valence-electron chi connectivity index (χ1n) is 17.6. The van der Waals surface area contributed by atoms with E-state index in [4.69, 9.17) is 9.98 Å². The number of amidine groups is 2. The summed E-state index contributed by atoms with van der Waals surface area (Å²) in [6, 6.07) is 40.5. The molecule has 5 aromatic carbocycles. The minimum absolute atomic E-state index is 0.387. The summed E-state index contributed by atoms with van der Waals surface area (Å²) in [6.45, 7) is 16.3. The number of aromatic nitrogens is 1. The molecule has 2 aromatic heterocycles. The summed E-state index contributed by atoms with van der Waals surface area (Å²) in [7, 11) is 0. The van der Waals surface area contributed by atoms with Gasteiger partial charge in [-0.2, -0.15) is 0 Å². The van der Waals surface area contributed by atoms with E-state index in [9.17, 15) is 0 Å². The maximum atomic E-state index is 5.24. The number of fused-ring (bicyclic) bond motifs is 4. The Balaban J connectivity index is 1.50. The fourth-order valence-corrected chi connectivity index (χ4v) is 8.12. The minimum atomic E-state index is 0.387. The van der Waals surface area contributed by atoms with E-state index in [1.807, 2.05) is 61.6 Å². The highest BCUT2D eigenvalue weighted by Gasteiger charge is 2.17. The molecule has 4 nitrogen and oxygen atoms in total. The first-order chi connectivity index (χ1) is 26.1. The largest absolute Gasteiger partial charge is 0.309 e. The van der Waals surface area contributed by atoms with Gasteiger partial charge < -0.3 is 4.57 Å². The molecule has 0 aliphatic rings. The number of nitrogens with zero attached hydrogens (tertiary/aromatic N) is 4. The SMILES string of the molecule is C=C/C=C(\C=C/C)C(=NCc1cc(-n2c3ccccc3c3ccc(-c4ccccc4)cc32)cc2c(=C/C)/c(=C\C=C)sc12)N=C(N=C)c1ccccc1. The molecule has 7 aromatic rings. The molecule has 53 heavy (non-hydrogen) atoms. The van der Waals surface area contributed by atoms with E-state index in [2.05, 4.69) is 133 Å². The summed E-state index contributed by atoms with van der Waals surface area (Å²) >= 11 is 1.76. The molecule has 0 N–H and O–H groups in total. The van der Waals surface area contributed by atoms with E-state index in [1.165, 1.54) is 37.2 Å². The van der Waals surface area contributed by atoms with Gasteiger partial charge in [-0.1, -0.05) is 141 Å². The Morgan fingerprint density at radius 1 is 0.755 bits per heavy atom. The second-order valence-electron chi connectivity index (χ2n) is 12.5. The predicted molar refractivity (Wildman–Crippen MR) is 232 cm³/mol. The average Bonchev–Trinajstić information content (AvgIpc) is 3.73. The van der Waals surface area contributed by atoms with Crippen LogP contribution in [0.4, 0.5) is 0 Å². The first-order valence-corrected chi connectivity index (χ1v) is 18.4. The number of hydrogen-bond donors (Lipinski definition) is 0. The summed E-state index contributed by atoms with van der Waals surface area (Å²) in [5.41, 5.74) is 8.52. The third-order valence-electron chi connectivity index (χ3n) is 9.21. The molecule has 0 bridgehead atoms. The smallest absolute Gasteiger partial charge is 0.161 e. The zero-order valence-electron chi connectivity index (χ0n) is 30.0. The molecular weight excluding hydrogens is 665 g/mol. The summed E-state index contributed by atoms with van der Waals surface area (Å²) in [5.74, 6) is 1.05. The van der Waals surface area contributed by atoms with Crippen LogP contribution in [0.15, 0.2) is 179 Å². The van der Waals surface area contributed by atoms with Crippen molar-refractivity contribution in [2.24, 2.45) is 15.0 Å². The standard InChI is InChI=1S/C48H40N4S/c1-6-18-34(19-7-2)48(51-47(49-5)35-23-14-11-15-24-35)50-32-37-29-38(31-42-39(9-4)45(20-8-3)53-46(37)42)52-43-26-17-16-25-40(43)41-28-27-36(30-44(41)52)33-21-12-10-13-22-33/h6-31H,1,3,5,32H2,2,4H3/b19-7-,34-18+,39-9-,45-20+,50-48?,51-47?. The van der Waals surface area contributed by atoms with Crippen LogP contribution in [0.1, 0.15) is 25.0 Å². The number of rotatable bonds is 9. The highest BCUT2D eigenvalue weighted by Crippen LogP contribution is 2.36. The Morgan fingerprint density at radius 2 is 1.49 bits per heavy atom. The van der Waals surface area contributed by atoms with E-state index in [-0.39, 0.29) is 0 Å². The second-order valence-corrected chi connectivity index (χ2v) is 13.5. The molecule has 0 fully saturated rings. The van der Waals surface area contributed by atoms with Crippen LogP contribution in [0.2, 0.25) is 0 Å². The van der Waals surface area contributed by atoms with E-state index in [0.717, 1.165) is 38.0 Å². The zero-order chi connectivity index (χ0) is 36.7. The summed E-state index contributed by atoms with van der Waals surface area (Å²) in [6.07, 6.45) is 13.8.